The average molecular weight is 491 g/mol. The van der Waals surface area contributed by atoms with Crippen molar-refractivity contribution in [2.45, 2.75) is 18.4 Å². The van der Waals surface area contributed by atoms with Crippen molar-refractivity contribution in [2.75, 3.05) is 11.9 Å². The van der Waals surface area contributed by atoms with Gasteiger partial charge in [-0.05, 0) is 40.8 Å². The maximum Gasteiger partial charge on any atom is 0.407 e. The van der Waals surface area contributed by atoms with Gasteiger partial charge in [0.05, 0.1) is 10.7 Å². The molecular formula is C27H23ClN2O5. The molecule has 178 valence electrons. The number of ether oxygens (including phenoxy) is 1. The molecule has 3 aromatic carbocycles. The Labute approximate surface area is 207 Å². The monoisotopic (exact) mass is 490 g/mol. The van der Waals surface area contributed by atoms with Gasteiger partial charge in [0, 0.05) is 5.92 Å². The molecule has 3 N–H and O–H groups in total. The fourth-order valence-corrected chi connectivity index (χ4v) is 4.50. The lowest BCUT2D eigenvalue weighted by Crippen LogP contribution is -2.44. The molecule has 4 rings (SSSR count). The van der Waals surface area contributed by atoms with Gasteiger partial charge in [-0.1, -0.05) is 72.3 Å². The largest absolute Gasteiger partial charge is 0.478 e. The van der Waals surface area contributed by atoms with Gasteiger partial charge in [0.15, 0.2) is 0 Å². The first-order chi connectivity index (χ1) is 16.9. The summed E-state index contributed by atoms with van der Waals surface area (Å²) in [6.45, 7) is 3.73. The minimum absolute atomic E-state index is 0.0138. The standard InChI is InChI=1S/C27H23ClN2O5/c1-2-8-23(25(31)29-22-14-7-13-21(28)24(22)26(32)33)30-27(34)35-15-20-18-11-5-3-9-16(18)17-10-4-6-12-19(17)20/h2-7,9-14,20,23H,1,8,15H2,(H,29,31)(H,30,34)(H,32,33). The predicted octanol–water partition coefficient (Wildman–Crippen LogP) is 5.46. The first-order valence-electron chi connectivity index (χ1n) is 11.0. The third-order valence-electron chi connectivity index (χ3n) is 5.84. The summed E-state index contributed by atoms with van der Waals surface area (Å²) in [6, 6.07) is 19.3. The molecule has 7 nitrogen and oxygen atoms in total. The summed E-state index contributed by atoms with van der Waals surface area (Å²) in [6.07, 6.45) is 0.821. The number of carboxylic acids is 1. The van der Waals surface area contributed by atoms with E-state index in [2.05, 4.69) is 17.2 Å². The molecule has 1 atom stereocenters. The summed E-state index contributed by atoms with van der Waals surface area (Å²) >= 11 is 5.97. The third-order valence-corrected chi connectivity index (χ3v) is 6.15. The Bertz CT molecular complexity index is 1260. The summed E-state index contributed by atoms with van der Waals surface area (Å²) in [5, 5.41) is 14.5. The number of hydrogen-bond donors (Lipinski definition) is 3. The lowest BCUT2D eigenvalue weighted by molar-refractivity contribution is -0.118. The molecule has 0 saturated heterocycles. The Morgan fingerprint density at radius 2 is 1.63 bits per heavy atom. The second-order valence-corrected chi connectivity index (χ2v) is 8.41. The fraction of sp³-hybridized carbons (Fsp3) is 0.148. The van der Waals surface area contributed by atoms with Gasteiger partial charge in [0.1, 0.15) is 18.2 Å². The van der Waals surface area contributed by atoms with E-state index < -0.39 is 24.0 Å². The molecule has 1 aliphatic rings. The number of carbonyl (C=O) groups is 3. The van der Waals surface area contributed by atoms with Crippen LogP contribution in [0.5, 0.6) is 0 Å². The number of alkyl carbamates (subject to hydrolysis) is 1. The first-order valence-corrected chi connectivity index (χ1v) is 11.3. The van der Waals surface area contributed by atoms with Crippen LogP contribution < -0.4 is 10.6 Å². The SMILES string of the molecule is C=CCC(NC(=O)OCC1c2ccccc2-c2ccccc21)C(=O)Nc1cccc(Cl)c1C(=O)O. The number of amides is 2. The van der Waals surface area contributed by atoms with Crippen LogP contribution in [-0.2, 0) is 9.53 Å². The molecule has 1 aliphatic carbocycles. The Balaban J connectivity index is 1.44. The van der Waals surface area contributed by atoms with Crippen molar-refractivity contribution in [1.82, 2.24) is 5.32 Å². The van der Waals surface area contributed by atoms with E-state index in [4.69, 9.17) is 16.3 Å². The van der Waals surface area contributed by atoms with E-state index >= 15 is 0 Å². The number of rotatable bonds is 8. The van der Waals surface area contributed by atoms with Crippen LogP contribution in [0.4, 0.5) is 10.5 Å². The van der Waals surface area contributed by atoms with Gasteiger partial charge in [-0.25, -0.2) is 9.59 Å². The van der Waals surface area contributed by atoms with Gasteiger partial charge in [0.2, 0.25) is 5.91 Å². The first kappa shape index (κ1) is 24.0. The smallest absolute Gasteiger partial charge is 0.407 e. The van der Waals surface area contributed by atoms with Crippen molar-refractivity contribution >= 4 is 35.3 Å². The lowest BCUT2D eigenvalue weighted by Gasteiger charge is -2.19. The number of anilines is 1. The van der Waals surface area contributed by atoms with Crippen LogP contribution in [0.1, 0.15) is 33.8 Å². The van der Waals surface area contributed by atoms with Crippen molar-refractivity contribution in [3.63, 3.8) is 0 Å². The van der Waals surface area contributed by atoms with Crippen LogP contribution in [0, 0.1) is 0 Å². The second kappa shape index (κ2) is 10.4. The molecule has 3 aromatic rings. The summed E-state index contributed by atoms with van der Waals surface area (Å²) in [5.41, 5.74) is 4.15. The van der Waals surface area contributed by atoms with Crippen LogP contribution in [0.2, 0.25) is 5.02 Å². The molecule has 1 unspecified atom stereocenters. The number of aromatic carboxylic acids is 1. The summed E-state index contributed by atoms with van der Waals surface area (Å²) in [5.74, 6) is -2.02. The number of carbonyl (C=O) groups excluding carboxylic acids is 2. The number of hydrogen-bond acceptors (Lipinski definition) is 4. The molecule has 0 fully saturated rings. The van der Waals surface area contributed by atoms with E-state index in [9.17, 15) is 19.5 Å². The second-order valence-electron chi connectivity index (χ2n) is 8.00. The minimum atomic E-state index is -1.28. The van der Waals surface area contributed by atoms with Crippen molar-refractivity contribution in [1.29, 1.82) is 0 Å². The maximum absolute atomic E-state index is 12.8. The minimum Gasteiger partial charge on any atom is -0.478 e. The van der Waals surface area contributed by atoms with Crippen molar-refractivity contribution < 1.29 is 24.2 Å². The van der Waals surface area contributed by atoms with Crippen LogP contribution in [0.3, 0.4) is 0 Å². The zero-order valence-corrected chi connectivity index (χ0v) is 19.4. The molecule has 0 aromatic heterocycles. The quantitative estimate of drug-likeness (QED) is 0.364. The van der Waals surface area contributed by atoms with Crippen LogP contribution in [0.25, 0.3) is 11.1 Å². The lowest BCUT2D eigenvalue weighted by atomic mass is 9.98. The van der Waals surface area contributed by atoms with Gasteiger partial charge >= 0.3 is 12.1 Å². The number of benzene rings is 3. The van der Waals surface area contributed by atoms with Crippen molar-refractivity contribution in [3.05, 3.63) is 101 Å². The topological polar surface area (TPSA) is 105 Å². The highest BCUT2D eigenvalue weighted by atomic mass is 35.5. The maximum atomic E-state index is 12.8. The van der Waals surface area contributed by atoms with Gasteiger partial charge < -0.3 is 20.5 Å². The van der Waals surface area contributed by atoms with E-state index in [1.807, 2.05) is 48.5 Å². The number of nitrogens with one attached hydrogen (secondary N) is 2. The molecule has 8 heteroatoms. The van der Waals surface area contributed by atoms with Gasteiger partial charge in [-0.2, -0.15) is 0 Å². The van der Waals surface area contributed by atoms with Gasteiger partial charge in [0.25, 0.3) is 0 Å². The zero-order chi connectivity index (χ0) is 24.9. The highest BCUT2D eigenvalue weighted by Crippen LogP contribution is 2.44. The molecule has 0 heterocycles. The Kier molecular flexibility index (Phi) is 7.17. The fourth-order valence-electron chi connectivity index (χ4n) is 4.25. The highest BCUT2D eigenvalue weighted by molar-refractivity contribution is 6.34. The Morgan fingerprint density at radius 3 is 2.23 bits per heavy atom. The average Bonchev–Trinajstić information content (AvgIpc) is 3.16. The third kappa shape index (κ3) is 5.05. The molecule has 0 saturated carbocycles. The normalized spacial score (nSPS) is 12.7. The van der Waals surface area contributed by atoms with Crippen LogP contribution in [0.15, 0.2) is 79.4 Å². The number of fused-ring (bicyclic) bond motifs is 3. The summed E-state index contributed by atoms with van der Waals surface area (Å²) in [4.78, 5) is 37.0. The van der Waals surface area contributed by atoms with Crippen molar-refractivity contribution in [3.8, 4) is 11.1 Å². The van der Waals surface area contributed by atoms with E-state index in [0.717, 1.165) is 22.3 Å². The number of halogens is 1. The van der Waals surface area contributed by atoms with Crippen molar-refractivity contribution in [2.24, 2.45) is 0 Å². The van der Waals surface area contributed by atoms with Crippen LogP contribution in [-0.4, -0.2) is 35.7 Å². The number of carboxylic acid groups (broad SMARTS) is 1. The highest BCUT2D eigenvalue weighted by Gasteiger charge is 2.30. The molecule has 2 amide bonds. The summed E-state index contributed by atoms with van der Waals surface area (Å²) in [7, 11) is 0. The van der Waals surface area contributed by atoms with Gasteiger partial charge in [-0.15, -0.1) is 6.58 Å². The molecule has 0 spiro atoms. The summed E-state index contributed by atoms with van der Waals surface area (Å²) < 4.78 is 5.52. The Morgan fingerprint density at radius 1 is 1.00 bits per heavy atom. The molecule has 0 bridgehead atoms. The van der Waals surface area contributed by atoms with Crippen LogP contribution >= 0.6 is 11.6 Å². The van der Waals surface area contributed by atoms with E-state index in [0.29, 0.717) is 0 Å². The molecule has 0 aliphatic heterocycles. The van der Waals surface area contributed by atoms with E-state index in [1.165, 1.54) is 24.3 Å². The zero-order valence-electron chi connectivity index (χ0n) is 18.7. The molecule has 0 radical (unpaired) electrons. The molecule has 35 heavy (non-hydrogen) atoms. The van der Waals surface area contributed by atoms with E-state index in [1.54, 1.807) is 0 Å². The van der Waals surface area contributed by atoms with E-state index in [-0.39, 0.29) is 35.2 Å². The molecular weight excluding hydrogens is 468 g/mol. The van der Waals surface area contributed by atoms with Gasteiger partial charge in [-0.3, -0.25) is 4.79 Å². The Hall–Kier alpha value is -4.10. The predicted molar refractivity (Wildman–Crippen MR) is 134 cm³/mol.